The van der Waals surface area contributed by atoms with Gasteiger partial charge in [0, 0.05) is 12.8 Å². The van der Waals surface area contributed by atoms with Crippen molar-refractivity contribution in [2.24, 2.45) is 7.05 Å². The van der Waals surface area contributed by atoms with Crippen LogP contribution in [0.15, 0.2) is 21.3 Å². The predicted molar refractivity (Wildman–Crippen MR) is 87.7 cm³/mol. The molecule has 2 heterocycles. The maximum atomic E-state index is 14.4. The van der Waals surface area contributed by atoms with E-state index >= 15 is 0 Å². The van der Waals surface area contributed by atoms with Gasteiger partial charge >= 0.3 is 5.69 Å². The van der Waals surface area contributed by atoms with Crippen molar-refractivity contribution >= 4 is 33.3 Å². The Balaban J connectivity index is 2.12. The lowest BCUT2D eigenvalue weighted by molar-refractivity contribution is 0.608. The van der Waals surface area contributed by atoms with Crippen molar-refractivity contribution in [3.8, 4) is 5.69 Å². The first-order valence-electron chi connectivity index (χ1n) is 6.87. The van der Waals surface area contributed by atoms with Crippen LogP contribution in [0.1, 0.15) is 19.2 Å². The summed E-state index contributed by atoms with van der Waals surface area (Å²) in [6, 6.07) is 3.01. The summed E-state index contributed by atoms with van der Waals surface area (Å²) in [5.41, 5.74) is 0.459. The standard InChI is InChI=1S/C14H15FN4OS2/c1-4-5-21-13-16-10-7-11(9(15)6-12(10)22-13)19-14(20)18(3)8(2)17-19/h6-7H,4-5H2,1-3H3. The molecule has 3 aromatic rings. The van der Waals surface area contributed by atoms with E-state index in [-0.39, 0.29) is 11.4 Å². The van der Waals surface area contributed by atoms with Gasteiger partial charge in [0.05, 0.1) is 10.2 Å². The van der Waals surface area contributed by atoms with Crippen LogP contribution in [-0.4, -0.2) is 25.1 Å². The van der Waals surface area contributed by atoms with E-state index in [1.54, 1.807) is 31.8 Å². The van der Waals surface area contributed by atoms with Crippen LogP contribution in [0.5, 0.6) is 0 Å². The topological polar surface area (TPSA) is 52.7 Å². The molecule has 0 unspecified atom stereocenters. The van der Waals surface area contributed by atoms with Gasteiger partial charge in [0.1, 0.15) is 11.5 Å². The molecule has 5 nitrogen and oxygen atoms in total. The quantitative estimate of drug-likeness (QED) is 0.686. The molecular weight excluding hydrogens is 323 g/mol. The van der Waals surface area contributed by atoms with E-state index in [1.807, 2.05) is 0 Å². The molecule has 0 saturated carbocycles. The van der Waals surface area contributed by atoms with Gasteiger partial charge in [0.15, 0.2) is 10.2 Å². The van der Waals surface area contributed by atoms with E-state index in [9.17, 15) is 9.18 Å². The molecule has 22 heavy (non-hydrogen) atoms. The second-order valence-electron chi connectivity index (χ2n) is 4.90. The molecule has 0 aliphatic carbocycles. The Bertz CT molecular complexity index is 896. The van der Waals surface area contributed by atoms with Crippen molar-refractivity contribution in [3.05, 3.63) is 34.3 Å². The van der Waals surface area contributed by atoms with Gasteiger partial charge in [-0.25, -0.2) is 14.2 Å². The number of aromatic nitrogens is 4. The Kier molecular flexibility index (Phi) is 4.05. The van der Waals surface area contributed by atoms with Gasteiger partial charge in [-0.15, -0.1) is 11.3 Å². The molecule has 2 aromatic heterocycles. The summed E-state index contributed by atoms with van der Waals surface area (Å²) in [5.74, 6) is 1.04. The molecule has 0 fully saturated rings. The minimum atomic E-state index is -0.469. The van der Waals surface area contributed by atoms with Crippen molar-refractivity contribution in [1.29, 1.82) is 0 Å². The molecular formula is C14H15FN4OS2. The first-order valence-corrected chi connectivity index (χ1v) is 8.67. The highest BCUT2D eigenvalue weighted by atomic mass is 32.2. The summed E-state index contributed by atoms with van der Waals surface area (Å²) in [6.07, 6.45) is 1.06. The number of benzene rings is 1. The van der Waals surface area contributed by atoms with Crippen LogP contribution in [0.4, 0.5) is 4.39 Å². The summed E-state index contributed by atoms with van der Waals surface area (Å²) in [7, 11) is 1.61. The highest BCUT2D eigenvalue weighted by molar-refractivity contribution is 8.01. The van der Waals surface area contributed by atoms with E-state index in [4.69, 9.17) is 0 Å². The number of halogens is 1. The highest BCUT2D eigenvalue weighted by Gasteiger charge is 2.15. The third-order valence-electron chi connectivity index (χ3n) is 3.29. The van der Waals surface area contributed by atoms with Crippen LogP contribution in [0.25, 0.3) is 15.9 Å². The zero-order valence-corrected chi connectivity index (χ0v) is 14.1. The van der Waals surface area contributed by atoms with Gasteiger partial charge in [0.25, 0.3) is 0 Å². The molecule has 0 bridgehead atoms. The Morgan fingerprint density at radius 2 is 2.18 bits per heavy atom. The van der Waals surface area contributed by atoms with Crippen molar-refractivity contribution in [1.82, 2.24) is 19.3 Å². The molecule has 0 saturated heterocycles. The fourth-order valence-electron chi connectivity index (χ4n) is 2.02. The monoisotopic (exact) mass is 338 g/mol. The maximum absolute atomic E-state index is 14.4. The van der Waals surface area contributed by atoms with Gasteiger partial charge < -0.3 is 0 Å². The molecule has 8 heteroatoms. The fraction of sp³-hybridized carbons (Fsp3) is 0.357. The first-order chi connectivity index (χ1) is 10.5. The van der Waals surface area contributed by atoms with E-state index in [2.05, 4.69) is 17.0 Å². The number of nitrogens with zero attached hydrogens (tertiary/aromatic N) is 4. The van der Waals surface area contributed by atoms with Gasteiger partial charge in [-0.2, -0.15) is 9.78 Å². The van der Waals surface area contributed by atoms with Gasteiger partial charge in [0.2, 0.25) is 0 Å². The molecule has 3 rings (SSSR count). The fourth-order valence-corrected chi connectivity index (χ4v) is 4.02. The first kappa shape index (κ1) is 15.2. The molecule has 1 aromatic carbocycles. The van der Waals surface area contributed by atoms with E-state index in [0.29, 0.717) is 11.3 Å². The maximum Gasteiger partial charge on any atom is 0.350 e. The SMILES string of the molecule is CCCSc1nc2cc(-n3nc(C)n(C)c3=O)c(F)cc2s1. The molecule has 116 valence electrons. The summed E-state index contributed by atoms with van der Waals surface area (Å²) in [4.78, 5) is 16.6. The second kappa shape index (κ2) is 5.85. The van der Waals surface area contributed by atoms with Crippen molar-refractivity contribution in [3.63, 3.8) is 0 Å². The van der Waals surface area contributed by atoms with Gasteiger partial charge in [-0.3, -0.25) is 4.57 Å². The lowest BCUT2D eigenvalue weighted by Gasteiger charge is -2.01. The van der Waals surface area contributed by atoms with Crippen molar-refractivity contribution in [2.45, 2.75) is 24.6 Å². The highest BCUT2D eigenvalue weighted by Crippen LogP contribution is 2.31. The average molecular weight is 338 g/mol. The second-order valence-corrected chi connectivity index (χ2v) is 7.27. The number of hydrogen-bond acceptors (Lipinski definition) is 5. The van der Waals surface area contributed by atoms with Gasteiger partial charge in [-0.1, -0.05) is 18.7 Å². The summed E-state index contributed by atoms with van der Waals surface area (Å²) in [6.45, 7) is 3.81. The van der Waals surface area contributed by atoms with Crippen LogP contribution >= 0.6 is 23.1 Å². The minimum Gasteiger partial charge on any atom is -0.282 e. The third-order valence-corrected chi connectivity index (χ3v) is 5.66. The number of rotatable bonds is 4. The smallest absolute Gasteiger partial charge is 0.282 e. The molecule has 0 aliphatic rings. The zero-order chi connectivity index (χ0) is 15.9. The lowest BCUT2D eigenvalue weighted by Crippen LogP contribution is -2.22. The summed E-state index contributed by atoms with van der Waals surface area (Å²) < 4.78 is 18.5. The Morgan fingerprint density at radius 3 is 2.82 bits per heavy atom. The van der Waals surface area contributed by atoms with Crippen LogP contribution in [0.3, 0.4) is 0 Å². The molecule has 0 radical (unpaired) electrons. The average Bonchev–Trinajstić information content (AvgIpc) is 2.99. The predicted octanol–water partition coefficient (Wildman–Crippen LogP) is 3.13. The number of thiazole rings is 1. The minimum absolute atomic E-state index is 0.138. The van der Waals surface area contributed by atoms with Crippen molar-refractivity contribution in [2.75, 3.05) is 5.75 Å². The Labute approximate surface area is 134 Å². The molecule has 0 atom stereocenters. The van der Waals surface area contributed by atoms with Crippen molar-refractivity contribution < 1.29 is 4.39 Å². The van der Waals surface area contributed by atoms with Crippen LogP contribution < -0.4 is 5.69 Å². The van der Waals surface area contributed by atoms with Crippen LogP contribution in [-0.2, 0) is 7.05 Å². The molecule has 0 N–H and O–H groups in total. The third kappa shape index (κ3) is 2.56. The van der Waals surface area contributed by atoms with E-state index < -0.39 is 5.82 Å². The number of hydrogen-bond donors (Lipinski definition) is 0. The zero-order valence-electron chi connectivity index (χ0n) is 12.5. The Morgan fingerprint density at radius 1 is 1.41 bits per heavy atom. The van der Waals surface area contributed by atoms with Crippen LogP contribution in [0, 0.1) is 12.7 Å². The molecule has 0 aliphatic heterocycles. The lowest BCUT2D eigenvalue weighted by atomic mass is 10.3. The molecule has 0 amide bonds. The van der Waals surface area contributed by atoms with E-state index in [0.717, 1.165) is 25.9 Å². The largest absolute Gasteiger partial charge is 0.350 e. The number of aryl methyl sites for hydroxylation is 1. The summed E-state index contributed by atoms with van der Waals surface area (Å²) >= 11 is 3.13. The Hall–Kier alpha value is -1.67. The van der Waals surface area contributed by atoms with Crippen LogP contribution in [0.2, 0.25) is 0 Å². The number of fused-ring (bicyclic) bond motifs is 1. The normalized spacial score (nSPS) is 11.5. The van der Waals surface area contributed by atoms with E-state index in [1.165, 1.54) is 22.0 Å². The van der Waals surface area contributed by atoms with Gasteiger partial charge in [-0.05, 0) is 25.5 Å². The number of thioether (sulfide) groups is 1. The molecule has 0 spiro atoms. The summed E-state index contributed by atoms with van der Waals surface area (Å²) in [5, 5.41) is 4.10.